The van der Waals surface area contributed by atoms with Crippen molar-refractivity contribution in [3.8, 4) is 0 Å². The van der Waals surface area contributed by atoms with Crippen LogP contribution in [0.4, 0.5) is 4.79 Å². The third kappa shape index (κ3) is 3.59. The van der Waals surface area contributed by atoms with E-state index in [1.54, 1.807) is 12.0 Å². The van der Waals surface area contributed by atoms with Crippen molar-refractivity contribution < 1.29 is 19.4 Å². The number of amides is 2. The van der Waals surface area contributed by atoms with Gasteiger partial charge in [0, 0.05) is 39.7 Å². The third-order valence-electron chi connectivity index (χ3n) is 4.07. The molecular weight excluding hydrogens is 248 g/mol. The Kier molecular flexibility index (Phi) is 4.63. The smallest absolute Gasteiger partial charge is 0.320 e. The van der Waals surface area contributed by atoms with Crippen LogP contribution >= 0.6 is 0 Å². The molecule has 0 saturated carbocycles. The van der Waals surface area contributed by atoms with E-state index in [-0.39, 0.29) is 24.5 Å². The van der Waals surface area contributed by atoms with Crippen LogP contribution in [-0.2, 0) is 9.53 Å². The summed E-state index contributed by atoms with van der Waals surface area (Å²) in [7, 11) is 1.71. The quantitative estimate of drug-likeness (QED) is 0.831. The molecule has 6 heteroatoms. The molecule has 0 aliphatic carbocycles. The van der Waals surface area contributed by atoms with E-state index in [1.807, 2.05) is 4.90 Å². The Balaban J connectivity index is 1.80. The van der Waals surface area contributed by atoms with Gasteiger partial charge >= 0.3 is 12.0 Å². The van der Waals surface area contributed by atoms with Crippen molar-refractivity contribution in [1.29, 1.82) is 0 Å². The van der Waals surface area contributed by atoms with Crippen LogP contribution < -0.4 is 0 Å². The maximum atomic E-state index is 12.3. The number of carboxylic acid groups (broad SMARTS) is 1. The lowest BCUT2D eigenvalue weighted by Gasteiger charge is -2.34. The fourth-order valence-corrected chi connectivity index (χ4v) is 2.90. The summed E-state index contributed by atoms with van der Waals surface area (Å²) in [6.45, 7) is 2.73. The predicted octanol–water partition coefficient (Wildman–Crippen LogP) is 1.01. The molecule has 2 heterocycles. The molecule has 2 amide bonds. The predicted molar refractivity (Wildman–Crippen MR) is 68.9 cm³/mol. The zero-order valence-electron chi connectivity index (χ0n) is 11.4. The lowest BCUT2D eigenvalue weighted by atomic mass is 10.1. The maximum Gasteiger partial charge on any atom is 0.320 e. The van der Waals surface area contributed by atoms with E-state index < -0.39 is 5.97 Å². The number of aliphatic carboxylic acids is 1. The average molecular weight is 270 g/mol. The number of piperidine rings is 1. The molecule has 0 bridgehead atoms. The Bertz CT molecular complexity index is 340. The number of carbonyl (C=O) groups excluding carboxylic acids is 1. The Labute approximate surface area is 113 Å². The third-order valence-corrected chi connectivity index (χ3v) is 4.07. The minimum atomic E-state index is -0.778. The number of urea groups is 1. The molecular formula is C13H22N2O4. The second kappa shape index (κ2) is 6.23. The van der Waals surface area contributed by atoms with Crippen molar-refractivity contribution in [2.75, 3.05) is 33.3 Å². The molecule has 0 aromatic carbocycles. The number of hydrogen-bond acceptors (Lipinski definition) is 3. The molecule has 0 aromatic rings. The summed E-state index contributed by atoms with van der Waals surface area (Å²) in [5.41, 5.74) is 0. The van der Waals surface area contributed by atoms with E-state index in [0.717, 1.165) is 32.4 Å². The standard InChI is InChI=1S/C13H22N2O4/c1-19-11-3-6-14(7-4-11)13(18)15-5-2-10(9-15)8-12(16)17/h10-11H,2-9H2,1H3,(H,16,17). The zero-order valence-corrected chi connectivity index (χ0v) is 11.4. The van der Waals surface area contributed by atoms with E-state index in [0.29, 0.717) is 13.1 Å². The zero-order chi connectivity index (χ0) is 13.8. The Hall–Kier alpha value is -1.30. The van der Waals surface area contributed by atoms with Crippen LogP contribution in [0.25, 0.3) is 0 Å². The fourth-order valence-electron chi connectivity index (χ4n) is 2.90. The van der Waals surface area contributed by atoms with E-state index >= 15 is 0 Å². The number of ether oxygens (including phenoxy) is 1. The Morgan fingerprint density at radius 3 is 2.37 bits per heavy atom. The molecule has 2 aliphatic heterocycles. The van der Waals surface area contributed by atoms with Crippen molar-refractivity contribution in [1.82, 2.24) is 9.80 Å². The van der Waals surface area contributed by atoms with E-state index in [1.165, 1.54) is 0 Å². The van der Waals surface area contributed by atoms with Gasteiger partial charge < -0.3 is 19.6 Å². The van der Waals surface area contributed by atoms with Crippen molar-refractivity contribution in [3.63, 3.8) is 0 Å². The molecule has 1 atom stereocenters. The molecule has 2 fully saturated rings. The molecule has 0 radical (unpaired) electrons. The van der Waals surface area contributed by atoms with Gasteiger partial charge in [0.1, 0.15) is 0 Å². The van der Waals surface area contributed by atoms with Crippen LogP contribution in [0.5, 0.6) is 0 Å². The highest BCUT2D eigenvalue weighted by Gasteiger charge is 2.32. The largest absolute Gasteiger partial charge is 0.481 e. The topological polar surface area (TPSA) is 70.1 Å². The van der Waals surface area contributed by atoms with Crippen molar-refractivity contribution in [2.24, 2.45) is 5.92 Å². The molecule has 6 nitrogen and oxygen atoms in total. The van der Waals surface area contributed by atoms with Crippen LogP contribution in [0.2, 0.25) is 0 Å². The first kappa shape index (κ1) is 14.1. The van der Waals surface area contributed by atoms with Crippen molar-refractivity contribution >= 4 is 12.0 Å². The molecule has 2 aliphatic rings. The first-order chi connectivity index (χ1) is 9.10. The second-order valence-electron chi connectivity index (χ2n) is 5.40. The van der Waals surface area contributed by atoms with Gasteiger partial charge in [0.2, 0.25) is 0 Å². The first-order valence-corrected chi connectivity index (χ1v) is 6.88. The summed E-state index contributed by atoms with van der Waals surface area (Å²) in [4.78, 5) is 26.6. The summed E-state index contributed by atoms with van der Waals surface area (Å²) >= 11 is 0. The highest BCUT2D eigenvalue weighted by Crippen LogP contribution is 2.22. The Morgan fingerprint density at radius 2 is 1.79 bits per heavy atom. The number of likely N-dealkylation sites (tertiary alicyclic amines) is 2. The van der Waals surface area contributed by atoms with E-state index in [2.05, 4.69) is 0 Å². The Morgan fingerprint density at radius 1 is 1.16 bits per heavy atom. The van der Waals surface area contributed by atoms with Gasteiger partial charge in [-0.25, -0.2) is 4.79 Å². The SMILES string of the molecule is COC1CCN(C(=O)N2CCC(CC(=O)O)C2)CC1. The van der Waals surface area contributed by atoms with Gasteiger partial charge in [0.25, 0.3) is 0 Å². The number of rotatable bonds is 3. The van der Waals surface area contributed by atoms with Crippen LogP contribution in [0.3, 0.4) is 0 Å². The van der Waals surface area contributed by atoms with Gasteiger partial charge in [-0.05, 0) is 25.2 Å². The van der Waals surface area contributed by atoms with Gasteiger partial charge in [0.15, 0.2) is 0 Å². The number of nitrogens with zero attached hydrogens (tertiary/aromatic N) is 2. The maximum absolute atomic E-state index is 12.3. The normalized spacial score (nSPS) is 24.8. The summed E-state index contributed by atoms with van der Waals surface area (Å²) in [6, 6.07) is 0.0578. The number of hydrogen-bond donors (Lipinski definition) is 1. The molecule has 0 spiro atoms. The first-order valence-electron chi connectivity index (χ1n) is 6.88. The minimum Gasteiger partial charge on any atom is -0.481 e. The van der Waals surface area contributed by atoms with Crippen molar-refractivity contribution in [2.45, 2.75) is 31.8 Å². The van der Waals surface area contributed by atoms with Crippen LogP contribution in [0, 0.1) is 5.92 Å². The fraction of sp³-hybridized carbons (Fsp3) is 0.846. The van der Waals surface area contributed by atoms with E-state index in [9.17, 15) is 9.59 Å². The lowest BCUT2D eigenvalue weighted by molar-refractivity contribution is -0.138. The highest BCUT2D eigenvalue weighted by molar-refractivity contribution is 5.75. The second-order valence-corrected chi connectivity index (χ2v) is 5.40. The molecule has 2 rings (SSSR count). The van der Waals surface area contributed by atoms with Crippen molar-refractivity contribution in [3.05, 3.63) is 0 Å². The van der Waals surface area contributed by atoms with Crippen LogP contribution in [-0.4, -0.2) is 66.3 Å². The van der Waals surface area contributed by atoms with Gasteiger partial charge in [-0.2, -0.15) is 0 Å². The molecule has 108 valence electrons. The number of carboxylic acids is 1. The lowest BCUT2D eigenvalue weighted by Crippen LogP contribution is -2.47. The van der Waals surface area contributed by atoms with E-state index in [4.69, 9.17) is 9.84 Å². The molecule has 19 heavy (non-hydrogen) atoms. The monoisotopic (exact) mass is 270 g/mol. The number of carbonyl (C=O) groups is 2. The van der Waals surface area contributed by atoms with Crippen LogP contribution in [0.15, 0.2) is 0 Å². The number of methoxy groups -OCH3 is 1. The average Bonchev–Trinajstić information content (AvgIpc) is 2.85. The van der Waals surface area contributed by atoms with Gasteiger partial charge in [-0.15, -0.1) is 0 Å². The summed E-state index contributed by atoms with van der Waals surface area (Å²) < 4.78 is 5.29. The minimum absolute atomic E-state index is 0.0578. The summed E-state index contributed by atoms with van der Waals surface area (Å²) in [6.07, 6.45) is 2.99. The summed E-state index contributed by atoms with van der Waals surface area (Å²) in [5, 5.41) is 8.78. The molecule has 1 unspecified atom stereocenters. The van der Waals surface area contributed by atoms with Gasteiger partial charge in [-0.1, -0.05) is 0 Å². The summed E-state index contributed by atoms with van der Waals surface area (Å²) in [5.74, 6) is -0.668. The molecule has 2 saturated heterocycles. The van der Waals surface area contributed by atoms with Gasteiger partial charge in [0.05, 0.1) is 6.10 Å². The van der Waals surface area contributed by atoms with Crippen LogP contribution in [0.1, 0.15) is 25.7 Å². The molecule has 1 N–H and O–H groups in total. The highest BCUT2D eigenvalue weighted by atomic mass is 16.5. The van der Waals surface area contributed by atoms with Gasteiger partial charge in [-0.3, -0.25) is 4.79 Å². The molecule has 0 aromatic heterocycles.